The van der Waals surface area contributed by atoms with Gasteiger partial charge >= 0.3 is 0 Å². The highest BCUT2D eigenvalue weighted by atomic mass is 35.5. The molecule has 82 valence electrons. The number of aliphatic hydroxyl groups excluding tert-OH is 1. The predicted octanol–water partition coefficient (Wildman–Crippen LogP) is 3.67. The number of halogens is 1. The monoisotopic (exact) mass is 224 g/mol. The molecule has 0 amide bonds. The van der Waals surface area contributed by atoms with Gasteiger partial charge in [-0.2, -0.15) is 0 Å². The zero-order valence-electron chi connectivity index (χ0n) is 9.04. The maximum Gasteiger partial charge on any atom is 0.0608 e. The zero-order chi connectivity index (χ0) is 10.8. The van der Waals surface area contributed by atoms with Crippen LogP contribution in [0.2, 0.25) is 5.02 Å². The second kappa shape index (κ2) is 4.54. The van der Waals surface area contributed by atoms with Crippen LogP contribution in [0.1, 0.15) is 42.7 Å². The summed E-state index contributed by atoms with van der Waals surface area (Å²) in [6, 6.07) is 5.99. The van der Waals surface area contributed by atoms with Gasteiger partial charge in [-0.25, -0.2) is 0 Å². The summed E-state index contributed by atoms with van der Waals surface area (Å²) in [4.78, 5) is 0. The summed E-state index contributed by atoms with van der Waals surface area (Å²) in [5.74, 6) is 0.289. The van der Waals surface area contributed by atoms with E-state index in [2.05, 4.69) is 6.07 Å². The van der Waals surface area contributed by atoms with Crippen molar-refractivity contribution in [3.8, 4) is 0 Å². The highest BCUT2D eigenvalue weighted by molar-refractivity contribution is 6.31. The topological polar surface area (TPSA) is 20.2 Å². The fourth-order valence-corrected chi connectivity index (χ4v) is 2.68. The summed E-state index contributed by atoms with van der Waals surface area (Å²) in [5, 5.41) is 10.8. The minimum absolute atomic E-state index is 0.184. The van der Waals surface area contributed by atoms with E-state index in [-0.39, 0.29) is 12.0 Å². The first-order valence-electron chi connectivity index (χ1n) is 5.63. The smallest absolute Gasteiger partial charge is 0.0608 e. The van der Waals surface area contributed by atoms with Crippen molar-refractivity contribution in [1.29, 1.82) is 0 Å². The molecule has 1 aliphatic rings. The normalized spacial score (nSPS) is 26.6. The van der Waals surface area contributed by atoms with E-state index in [1.54, 1.807) is 0 Å². The minimum atomic E-state index is -0.184. The lowest BCUT2D eigenvalue weighted by Crippen LogP contribution is -2.23. The zero-order valence-corrected chi connectivity index (χ0v) is 9.80. The highest BCUT2D eigenvalue weighted by Gasteiger charge is 2.25. The Morgan fingerprint density at radius 3 is 2.73 bits per heavy atom. The van der Waals surface area contributed by atoms with E-state index in [1.165, 1.54) is 12.0 Å². The molecule has 0 aliphatic heterocycles. The molecule has 2 unspecified atom stereocenters. The van der Waals surface area contributed by atoms with E-state index < -0.39 is 0 Å². The van der Waals surface area contributed by atoms with Crippen molar-refractivity contribution in [2.75, 3.05) is 0 Å². The Morgan fingerprint density at radius 2 is 2.00 bits per heavy atom. The minimum Gasteiger partial charge on any atom is -0.392 e. The van der Waals surface area contributed by atoms with Gasteiger partial charge in [0.15, 0.2) is 0 Å². The van der Waals surface area contributed by atoms with Gasteiger partial charge in [0.1, 0.15) is 0 Å². The maximum absolute atomic E-state index is 9.99. The van der Waals surface area contributed by atoms with Crippen molar-refractivity contribution in [3.63, 3.8) is 0 Å². The third-order valence-corrected chi connectivity index (χ3v) is 3.85. The highest BCUT2D eigenvalue weighted by Crippen LogP contribution is 2.36. The van der Waals surface area contributed by atoms with Gasteiger partial charge in [-0.05, 0) is 37.0 Å². The molecule has 0 bridgehead atoms. The standard InChI is InChI=1S/C13H17ClO/c1-9-10(6-4-7-12(9)14)11-5-2-3-8-13(11)15/h4,6-7,11,13,15H,2-3,5,8H2,1H3. The Hall–Kier alpha value is -0.530. The number of rotatable bonds is 1. The summed E-state index contributed by atoms with van der Waals surface area (Å²) in [6.45, 7) is 2.04. The largest absolute Gasteiger partial charge is 0.392 e. The van der Waals surface area contributed by atoms with Gasteiger partial charge in [0.05, 0.1) is 6.10 Å². The van der Waals surface area contributed by atoms with Gasteiger partial charge in [-0.1, -0.05) is 36.6 Å². The SMILES string of the molecule is Cc1c(Cl)cccc1C1CCCCC1O. The van der Waals surface area contributed by atoms with E-state index in [4.69, 9.17) is 11.6 Å². The van der Waals surface area contributed by atoms with Gasteiger partial charge in [-0.15, -0.1) is 0 Å². The molecule has 0 radical (unpaired) electrons. The van der Waals surface area contributed by atoms with E-state index in [9.17, 15) is 5.11 Å². The Bertz CT molecular complexity index is 348. The molecule has 0 aromatic heterocycles. The Kier molecular flexibility index (Phi) is 3.32. The maximum atomic E-state index is 9.99. The molecule has 1 N–H and O–H groups in total. The second-order valence-corrected chi connectivity index (χ2v) is 4.82. The van der Waals surface area contributed by atoms with Crippen molar-refractivity contribution in [1.82, 2.24) is 0 Å². The first-order valence-corrected chi connectivity index (χ1v) is 6.01. The van der Waals surface area contributed by atoms with Crippen molar-refractivity contribution in [2.45, 2.75) is 44.6 Å². The first-order chi connectivity index (χ1) is 7.20. The average Bonchev–Trinajstić information content (AvgIpc) is 2.23. The van der Waals surface area contributed by atoms with Gasteiger partial charge in [0, 0.05) is 10.9 Å². The molecule has 1 nitrogen and oxygen atoms in total. The molecule has 2 atom stereocenters. The van der Waals surface area contributed by atoms with E-state index in [0.29, 0.717) is 0 Å². The van der Waals surface area contributed by atoms with Crippen LogP contribution in [0.15, 0.2) is 18.2 Å². The van der Waals surface area contributed by atoms with Crippen LogP contribution >= 0.6 is 11.6 Å². The average molecular weight is 225 g/mol. The number of hydrogen-bond acceptors (Lipinski definition) is 1. The molecular formula is C13H17ClO. The molecule has 1 fully saturated rings. The summed E-state index contributed by atoms with van der Waals surface area (Å²) in [7, 11) is 0. The Morgan fingerprint density at radius 1 is 1.27 bits per heavy atom. The third-order valence-electron chi connectivity index (χ3n) is 3.44. The molecule has 1 aliphatic carbocycles. The van der Waals surface area contributed by atoms with Crippen molar-refractivity contribution in [2.24, 2.45) is 0 Å². The molecular weight excluding hydrogens is 208 g/mol. The van der Waals surface area contributed by atoms with Crippen LogP contribution in [0.5, 0.6) is 0 Å². The van der Waals surface area contributed by atoms with Crippen LogP contribution in [-0.4, -0.2) is 11.2 Å². The number of hydrogen-bond donors (Lipinski definition) is 1. The van der Waals surface area contributed by atoms with Gasteiger partial charge in [0.25, 0.3) is 0 Å². The molecule has 1 aromatic carbocycles. The molecule has 15 heavy (non-hydrogen) atoms. The summed E-state index contributed by atoms with van der Waals surface area (Å²) < 4.78 is 0. The fraction of sp³-hybridized carbons (Fsp3) is 0.538. The van der Waals surface area contributed by atoms with E-state index >= 15 is 0 Å². The Labute approximate surface area is 96.1 Å². The van der Waals surface area contributed by atoms with Crippen molar-refractivity contribution >= 4 is 11.6 Å². The lowest BCUT2D eigenvalue weighted by atomic mass is 9.80. The fourth-order valence-electron chi connectivity index (χ4n) is 2.50. The summed E-state index contributed by atoms with van der Waals surface area (Å²) >= 11 is 6.10. The summed E-state index contributed by atoms with van der Waals surface area (Å²) in [6.07, 6.45) is 4.19. The van der Waals surface area contributed by atoms with Crippen molar-refractivity contribution in [3.05, 3.63) is 34.3 Å². The first kappa shape index (κ1) is 11.0. The van der Waals surface area contributed by atoms with Crippen molar-refractivity contribution < 1.29 is 5.11 Å². The molecule has 1 saturated carbocycles. The summed E-state index contributed by atoms with van der Waals surface area (Å²) in [5.41, 5.74) is 2.36. The van der Waals surface area contributed by atoms with Gasteiger partial charge < -0.3 is 5.11 Å². The molecule has 0 spiro atoms. The van der Waals surface area contributed by atoms with E-state index in [1.807, 2.05) is 19.1 Å². The Balaban J connectivity index is 2.31. The van der Waals surface area contributed by atoms with Crippen LogP contribution in [-0.2, 0) is 0 Å². The molecule has 0 saturated heterocycles. The molecule has 2 heteroatoms. The number of aliphatic hydroxyl groups is 1. The molecule has 0 heterocycles. The van der Waals surface area contributed by atoms with Crippen LogP contribution in [0.4, 0.5) is 0 Å². The molecule has 1 aromatic rings. The number of benzene rings is 1. The lowest BCUT2D eigenvalue weighted by molar-refractivity contribution is 0.106. The van der Waals surface area contributed by atoms with Crippen LogP contribution in [0, 0.1) is 6.92 Å². The van der Waals surface area contributed by atoms with Crippen LogP contribution in [0.25, 0.3) is 0 Å². The van der Waals surface area contributed by atoms with Gasteiger partial charge in [-0.3, -0.25) is 0 Å². The van der Waals surface area contributed by atoms with E-state index in [0.717, 1.165) is 29.8 Å². The van der Waals surface area contributed by atoms with Crippen LogP contribution < -0.4 is 0 Å². The second-order valence-electron chi connectivity index (χ2n) is 4.41. The third kappa shape index (κ3) is 2.19. The van der Waals surface area contributed by atoms with Gasteiger partial charge in [0.2, 0.25) is 0 Å². The lowest BCUT2D eigenvalue weighted by Gasteiger charge is -2.29. The predicted molar refractivity (Wildman–Crippen MR) is 63.4 cm³/mol. The molecule has 2 rings (SSSR count). The van der Waals surface area contributed by atoms with Crippen LogP contribution in [0.3, 0.4) is 0 Å². The quantitative estimate of drug-likeness (QED) is 0.772.